The molecule has 100 valence electrons. The fourth-order valence-corrected chi connectivity index (χ4v) is 0. The molecule has 0 fully saturated rings. The summed E-state index contributed by atoms with van der Waals surface area (Å²) in [5.74, 6) is 0. The van der Waals surface area contributed by atoms with Crippen molar-refractivity contribution in [3.63, 3.8) is 0 Å². The minimum atomic E-state index is 0. The first-order chi connectivity index (χ1) is 5.00. The van der Waals surface area contributed by atoms with Crippen LogP contribution in [0.25, 0.3) is 0 Å². The zero-order valence-corrected chi connectivity index (χ0v) is 9.41. The second kappa shape index (κ2) is 26000. The van der Waals surface area contributed by atoms with Crippen molar-refractivity contribution in [1.82, 2.24) is 0 Å². The van der Waals surface area contributed by atoms with Gasteiger partial charge in [-0.15, -0.1) is 13.2 Å². The van der Waals surface area contributed by atoms with Crippen LogP contribution in [0, 0.1) is 0 Å². The summed E-state index contributed by atoms with van der Waals surface area (Å²) in [6, 6.07) is 0. The maximum atomic E-state index is 3.00. The van der Waals surface area contributed by atoms with Gasteiger partial charge in [-0.25, -0.2) is 0 Å². The van der Waals surface area contributed by atoms with Crippen molar-refractivity contribution in [2.24, 2.45) is 0 Å². The quantitative estimate of drug-likeness (QED) is 0.366. The molecule has 0 saturated carbocycles. The summed E-state index contributed by atoms with van der Waals surface area (Å²) >= 11 is 0. The van der Waals surface area contributed by atoms with Crippen LogP contribution in [0.2, 0.25) is 0 Å². The smallest absolute Gasteiger partial charge is 0.0683 e. The van der Waals surface area contributed by atoms with E-state index in [2.05, 4.69) is 13.2 Å². The SMILES string of the molecule is C.C.C.C.C=C.CC.CC.CC.CC. The summed E-state index contributed by atoms with van der Waals surface area (Å²) in [6.07, 6.45) is 0. The van der Waals surface area contributed by atoms with Crippen LogP contribution >= 0.6 is 0 Å². The van der Waals surface area contributed by atoms with Crippen LogP contribution in [0.4, 0.5) is 0 Å². The molecule has 0 unspecified atom stereocenters. The van der Waals surface area contributed by atoms with Gasteiger partial charge in [-0.05, 0) is 0 Å². The monoisotopic (exact) mass is 212 g/mol. The van der Waals surface area contributed by atoms with Gasteiger partial charge >= 0.3 is 0 Å². The fraction of sp³-hybridized carbons (Fsp3) is 0.857. The third kappa shape index (κ3) is 20000. The van der Waals surface area contributed by atoms with Gasteiger partial charge in [-0.1, -0.05) is 85.1 Å². The lowest BCUT2D eigenvalue weighted by atomic mass is 11.0. The lowest BCUT2D eigenvalue weighted by Crippen LogP contribution is -0.856. The molecule has 0 aliphatic rings. The van der Waals surface area contributed by atoms with Crippen LogP contribution in [-0.4, -0.2) is 0 Å². The third-order valence-electron chi connectivity index (χ3n) is 0. The Balaban J connectivity index is -0.00000000298. The first-order valence-corrected chi connectivity index (χ1v) is 4.50. The van der Waals surface area contributed by atoms with E-state index in [4.69, 9.17) is 0 Å². The number of hydrogen-bond acceptors (Lipinski definition) is 0. The van der Waals surface area contributed by atoms with Gasteiger partial charge in [0.05, 0.1) is 0 Å². The minimum absolute atomic E-state index is 0. The first-order valence-electron chi connectivity index (χ1n) is 4.50. The van der Waals surface area contributed by atoms with Crippen molar-refractivity contribution in [3.8, 4) is 0 Å². The molecule has 0 bridgehead atoms. The average molecular weight is 213 g/mol. The molecular formula is C14H44. The Kier molecular flexibility index (Phi) is 184000. The normalized spacial score (nSPS) is 2.00. The lowest BCUT2D eigenvalue weighted by Gasteiger charge is -1.07. The van der Waals surface area contributed by atoms with E-state index in [1.807, 2.05) is 55.4 Å². The molecule has 0 aromatic heterocycles. The first kappa shape index (κ1) is 99.3. The summed E-state index contributed by atoms with van der Waals surface area (Å²) in [5, 5.41) is 0. The summed E-state index contributed by atoms with van der Waals surface area (Å²) in [7, 11) is 0. The van der Waals surface area contributed by atoms with Gasteiger partial charge in [-0.2, -0.15) is 0 Å². The van der Waals surface area contributed by atoms with Crippen molar-refractivity contribution < 1.29 is 0 Å². The van der Waals surface area contributed by atoms with Gasteiger partial charge in [-0.3, -0.25) is 0 Å². The molecule has 0 aromatic carbocycles. The van der Waals surface area contributed by atoms with Crippen molar-refractivity contribution in [2.45, 2.75) is 85.1 Å². The van der Waals surface area contributed by atoms with E-state index in [0.29, 0.717) is 0 Å². The molecule has 0 heterocycles. The molecule has 0 aliphatic carbocycles. The minimum Gasteiger partial charge on any atom is -0.106 e. The van der Waals surface area contributed by atoms with E-state index in [1.165, 1.54) is 0 Å². The van der Waals surface area contributed by atoms with Crippen LogP contribution in [-0.2, 0) is 0 Å². The predicted octanol–water partition coefficient (Wildman–Crippen LogP) is 7.45. The summed E-state index contributed by atoms with van der Waals surface area (Å²) < 4.78 is 0. The highest BCUT2D eigenvalue weighted by Crippen LogP contribution is 1.15. The van der Waals surface area contributed by atoms with Crippen molar-refractivity contribution in [1.29, 1.82) is 0 Å². The van der Waals surface area contributed by atoms with Gasteiger partial charge in [0.15, 0.2) is 0 Å². The van der Waals surface area contributed by atoms with E-state index < -0.39 is 0 Å². The third-order valence-corrected chi connectivity index (χ3v) is 0. The highest BCUT2D eigenvalue weighted by Gasteiger charge is 0.938. The molecule has 0 nitrogen and oxygen atoms in total. The van der Waals surface area contributed by atoms with Crippen LogP contribution < -0.4 is 0 Å². The van der Waals surface area contributed by atoms with Gasteiger partial charge < -0.3 is 0 Å². The average Bonchev–Trinajstić information content (AvgIpc) is 2.20. The van der Waals surface area contributed by atoms with E-state index >= 15 is 0 Å². The molecule has 0 rings (SSSR count). The zero-order chi connectivity index (χ0) is 10.0. The van der Waals surface area contributed by atoms with Crippen molar-refractivity contribution in [3.05, 3.63) is 13.2 Å². The van der Waals surface area contributed by atoms with Crippen molar-refractivity contribution in [2.75, 3.05) is 0 Å². The largest absolute Gasteiger partial charge is 0.106 e. The molecule has 0 saturated heterocycles. The number of hydrogen-bond donors (Lipinski definition) is 0. The molecule has 0 aliphatic heterocycles. The van der Waals surface area contributed by atoms with Crippen LogP contribution in [0.5, 0.6) is 0 Å². The molecule has 0 heteroatoms. The fourth-order valence-electron chi connectivity index (χ4n) is 0. The maximum absolute atomic E-state index is 3.00. The molecule has 0 spiro atoms. The van der Waals surface area contributed by atoms with Crippen LogP contribution in [0.15, 0.2) is 13.2 Å². The summed E-state index contributed by atoms with van der Waals surface area (Å²) in [6.45, 7) is 22.0. The predicted molar refractivity (Wildman–Crippen MR) is 83.6 cm³/mol. The Morgan fingerprint density at radius 1 is 0.357 bits per heavy atom. The standard InChI is InChI=1S/4C2H6.C2H4.4CH4/c5*1-2;;;;/h4*1-2H3;1-2H2;4*1H4. The highest BCUT2D eigenvalue weighted by molar-refractivity contribution is 4.22. The van der Waals surface area contributed by atoms with E-state index in [1.54, 1.807) is 0 Å². The van der Waals surface area contributed by atoms with E-state index in [0.717, 1.165) is 0 Å². The van der Waals surface area contributed by atoms with Gasteiger partial charge in [0.25, 0.3) is 0 Å². The second-order valence-corrected chi connectivity index (χ2v) is 0. The van der Waals surface area contributed by atoms with Gasteiger partial charge in [0.2, 0.25) is 0 Å². The lowest BCUT2D eigenvalue weighted by molar-refractivity contribution is 1.50. The van der Waals surface area contributed by atoms with E-state index in [-0.39, 0.29) is 29.7 Å². The Bertz CT molecular complexity index is 0. The summed E-state index contributed by atoms with van der Waals surface area (Å²) in [5.41, 5.74) is 0. The molecular weight excluding hydrogens is 168 g/mol. The van der Waals surface area contributed by atoms with Crippen LogP contribution in [0.1, 0.15) is 85.1 Å². The van der Waals surface area contributed by atoms with E-state index in [9.17, 15) is 0 Å². The Morgan fingerprint density at radius 2 is 0.357 bits per heavy atom. The molecule has 0 N–H and O–H groups in total. The topological polar surface area (TPSA) is 0 Å². The van der Waals surface area contributed by atoms with Gasteiger partial charge in [0, 0.05) is 0 Å². The second-order valence-electron chi connectivity index (χ2n) is 0. The molecule has 0 amide bonds. The Hall–Kier alpha value is -0.260. The Morgan fingerprint density at radius 3 is 0.357 bits per heavy atom. The summed E-state index contributed by atoms with van der Waals surface area (Å²) in [4.78, 5) is 0. The molecule has 0 aromatic rings. The van der Waals surface area contributed by atoms with Gasteiger partial charge in [0.1, 0.15) is 0 Å². The molecule has 14 heavy (non-hydrogen) atoms. The maximum Gasteiger partial charge on any atom is -0.0683 e. The molecule has 0 atom stereocenters. The number of rotatable bonds is 0. The molecule has 0 radical (unpaired) electrons. The van der Waals surface area contributed by atoms with Crippen molar-refractivity contribution >= 4 is 0 Å². The van der Waals surface area contributed by atoms with Crippen LogP contribution in [0.3, 0.4) is 0 Å². The zero-order valence-electron chi connectivity index (χ0n) is 9.41. The Labute approximate surface area is 98.8 Å². The highest BCUT2D eigenvalue weighted by atomic mass is 13.0.